The summed E-state index contributed by atoms with van der Waals surface area (Å²) in [4.78, 5) is 16.0. The maximum Gasteiger partial charge on any atom is 0.242 e. The summed E-state index contributed by atoms with van der Waals surface area (Å²) in [5, 5.41) is 9.09. The second-order valence-electron chi connectivity index (χ2n) is 6.30. The van der Waals surface area contributed by atoms with Crippen LogP contribution in [0.2, 0.25) is 0 Å². The molecule has 0 aliphatic heterocycles. The Balaban J connectivity index is 0.00000529. The summed E-state index contributed by atoms with van der Waals surface area (Å²) in [6, 6.07) is 6.52. The van der Waals surface area contributed by atoms with E-state index >= 15 is 0 Å². The van der Waals surface area contributed by atoms with Gasteiger partial charge in [-0.25, -0.2) is 9.38 Å². The molecule has 7 heteroatoms. The lowest BCUT2D eigenvalue weighted by Crippen LogP contribution is -2.43. The van der Waals surface area contributed by atoms with E-state index in [4.69, 9.17) is 0 Å². The molecule has 0 heterocycles. The molecule has 1 aromatic carbocycles. The zero-order valence-electron chi connectivity index (χ0n) is 14.8. The van der Waals surface area contributed by atoms with Gasteiger partial charge < -0.3 is 16.0 Å². The summed E-state index contributed by atoms with van der Waals surface area (Å²) in [7, 11) is 0. The summed E-state index contributed by atoms with van der Waals surface area (Å²) < 4.78 is 13.1. The zero-order chi connectivity index (χ0) is 17.3. The van der Waals surface area contributed by atoms with Gasteiger partial charge in [-0.3, -0.25) is 4.79 Å². The van der Waals surface area contributed by atoms with Gasteiger partial charge in [-0.1, -0.05) is 12.1 Å². The number of carbonyl (C=O) groups is 1. The van der Waals surface area contributed by atoms with Crippen molar-refractivity contribution in [1.29, 1.82) is 0 Å². The van der Waals surface area contributed by atoms with Crippen LogP contribution in [0.15, 0.2) is 29.3 Å². The van der Waals surface area contributed by atoms with E-state index in [0.717, 1.165) is 5.56 Å². The number of hydrogen-bond donors (Lipinski definition) is 3. The van der Waals surface area contributed by atoms with Crippen molar-refractivity contribution < 1.29 is 9.18 Å². The second-order valence-corrected chi connectivity index (χ2v) is 6.30. The third-order valence-electron chi connectivity index (χ3n) is 2.83. The van der Waals surface area contributed by atoms with E-state index in [1.165, 1.54) is 12.1 Å². The number of halogens is 2. The van der Waals surface area contributed by atoms with E-state index in [0.29, 0.717) is 25.5 Å². The number of nitrogens with one attached hydrogen (secondary N) is 3. The molecule has 0 spiro atoms. The predicted molar refractivity (Wildman–Crippen MR) is 107 cm³/mol. The van der Waals surface area contributed by atoms with Crippen LogP contribution >= 0.6 is 24.0 Å². The van der Waals surface area contributed by atoms with E-state index in [9.17, 15) is 9.18 Å². The first-order valence-electron chi connectivity index (χ1n) is 7.88. The highest BCUT2D eigenvalue weighted by Gasteiger charge is 2.13. The van der Waals surface area contributed by atoms with E-state index in [2.05, 4.69) is 20.9 Å². The Morgan fingerprint density at radius 1 is 1.25 bits per heavy atom. The molecule has 5 nitrogen and oxygen atoms in total. The number of carbonyl (C=O) groups excluding carboxylic acids is 1. The van der Waals surface area contributed by atoms with Gasteiger partial charge in [0.25, 0.3) is 0 Å². The van der Waals surface area contributed by atoms with Gasteiger partial charge in [0.2, 0.25) is 5.91 Å². The molecular weight excluding hydrogens is 422 g/mol. The summed E-state index contributed by atoms with van der Waals surface area (Å²) in [5.41, 5.74) is 0.647. The summed E-state index contributed by atoms with van der Waals surface area (Å²) in [6.45, 7) is 9.11. The molecule has 0 radical (unpaired) electrons. The first-order chi connectivity index (χ1) is 10.8. The molecule has 0 saturated heterocycles. The van der Waals surface area contributed by atoms with Gasteiger partial charge in [-0.15, -0.1) is 24.0 Å². The summed E-state index contributed by atoms with van der Waals surface area (Å²) in [6.07, 6.45) is 0.677. The van der Waals surface area contributed by atoms with Crippen LogP contribution in [-0.2, 0) is 11.2 Å². The third kappa shape index (κ3) is 10.4. The Hall–Kier alpha value is -1.38. The van der Waals surface area contributed by atoms with E-state index in [1.54, 1.807) is 6.07 Å². The molecule has 0 bridgehead atoms. The van der Waals surface area contributed by atoms with Crippen LogP contribution in [-0.4, -0.2) is 37.0 Å². The number of guanidine groups is 1. The van der Waals surface area contributed by atoms with Crippen molar-refractivity contribution in [3.8, 4) is 0 Å². The molecular formula is C17H28FIN4O. The highest BCUT2D eigenvalue weighted by Crippen LogP contribution is 2.03. The molecule has 1 aromatic rings. The fourth-order valence-electron chi connectivity index (χ4n) is 1.97. The Morgan fingerprint density at radius 3 is 2.54 bits per heavy atom. The van der Waals surface area contributed by atoms with Crippen molar-refractivity contribution in [3.05, 3.63) is 35.6 Å². The minimum absolute atomic E-state index is 0. The minimum atomic E-state index is -0.268. The van der Waals surface area contributed by atoms with Crippen molar-refractivity contribution >= 4 is 35.8 Å². The van der Waals surface area contributed by atoms with Gasteiger partial charge in [-0.2, -0.15) is 0 Å². The lowest BCUT2D eigenvalue weighted by Gasteiger charge is -2.20. The summed E-state index contributed by atoms with van der Waals surface area (Å²) in [5.74, 6) is 0.217. The SMILES string of the molecule is CCNC(=NCC(=O)NC(C)(C)C)NCCc1cccc(F)c1.I. The minimum Gasteiger partial charge on any atom is -0.357 e. The smallest absolute Gasteiger partial charge is 0.242 e. The van der Waals surface area contributed by atoms with Crippen LogP contribution < -0.4 is 16.0 Å². The van der Waals surface area contributed by atoms with Crippen LogP contribution in [0.25, 0.3) is 0 Å². The molecule has 24 heavy (non-hydrogen) atoms. The van der Waals surface area contributed by atoms with Crippen LogP contribution in [0, 0.1) is 5.82 Å². The largest absolute Gasteiger partial charge is 0.357 e. The lowest BCUT2D eigenvalue weighted by atomic mass is 10.1. The molecule has 0 aliphatic rings. The average Bonchev–Trinajstić information content (AvgIpc) is 2.43. The topological polar surface area (TPSA) is 65.5 Å². The first kappa shape index (κ1) is 22.6. The van der Waals surface area contributed by atoms with Gasteiger partial charge in [0.15, 0.2) is 5.96 Å². The fraction of sp³-hybridized carbons (Fsp3) is 0.529. The number of benzene rings is 1. The Labute approximate surface area is 160 Å². The van der Waals surface area contributed by atoms with E-state index < -0.39 is 0 Å². The van der Waals surface area contributed by atoms with Crippen molar-refractivity contribution in [1.82, 2.24) is 16.0 Å². The van der Waals surface area contributed by atoms with Crippen molar-refractivity contribution in [2.75, 3.05) is 19.6 Å². The average molecular weight is 450 g/mol. The van der Waals surface area contributed by atoms with E-state index in [-0.39, 0.29) is 47.8 Å². The molecule has 0 aromatic heterocycles. The number of aliphatic imine (C=N–C) groups is 1. The zero-order valence-corrected chi connectivity index (χ0v) is 17.1. The molecule has 3 N–H and O–H groups in total. The molecule has 0 aliphatic carbocycles. The van der Waals surface area contributed by atoms with Gasteiger partial charge >= 0.3 is 0 Å². The molecule has 0 fully saturated rings. The predicted octanol–water partition coefficient (Wildman–Crippen LogP) is 2.46. The first-order valence-corrected chi connectivity index (χ1v) is 7.88. The lowest BCUT2D eigenvalue weighted by molar-refractivity contribution is -0.121. The number of rotatable bonds is 6. The normalized spacial score (nSPS) is 11.5. The van der Waals surface area contributed by atoms with Crippen LogP contribution in [0.1, 0.15) is 33.3 Å². The third-order valence-corrected chi connectivity index (χ3v) is 2.83. The van der Waals surface area contributed by atoms with Crippen LogP contribution in [0.5, 0.6) is 0 Å². The molecule has 0 saturated carbocycles. The van der Waals surface area contributed by atoms with Crippen molar-refractivity contribution in [3.63, 3.8) is 0 Å². The second kappa shape index (κ2) is 11.2. The Bertz CT molecular complexity index is 544. The Kier molecular flexibility index (Phi) is 10.6. The monoisotopic (exact) mass is 450 g/mol. The molecule has 136 valence electrons. The fourth-order valence-corrected chi connectivity index (χ4v) is 1.97. The Morgan fingerprint density at radius 2 is 1.96 bits per heavy atom. The standard InChI is InChI=1S/C17H27FN4O.HI/c1-5-19-16(21-12-15(23)22-17(2,3)4)20-10-9-13-7-6-8-14(18)11-13;/h6-8,11H,5,9-10,12H2,1-4H3,(H,22,23)(H2,19,20,21);1H. The highest BCUT2D eigenvalue weighted by molar-refractivity contribution is 14.0. The van der Waals surface area contributed by atoms with Crippen LogP contribution in [0.4, 0.5) is 4.39 Å². The number of hydrogen-bond acceptors (Lipinski definition) is 2. The summed E-state index contributed by atoms with van der Waals surface area (Å²) >= 11 is 0. The molecule has 0 atom stereocenters. The van der Waals surface area contributed by atoms with Crippen molar-refractivity contribution in [2.24, 2.45) is 4.99 Å². The van der Waals surface area contributed by atoms with Crippen LogP contribution in [0.3, 0.4) is 0 Å². The maximum absolute atomic E-state index is 13.1. The van der Waals surface area contributed by atoms with Gasteiger partial charge in [0.05, 0.1) is 0 Å². The molecule has 1 rings (SSSR count). The van der Waals surface area contributed by atoms with E-state index in [1.807, 2.05) is 33.8 Å². The number of amides is 1. The highest BCUT2D eigenvalue weighted by atomic mass is 127. The van der Waals surface area contributed by atoms with Gasteiger partial charge in [0, 0.05) is 18.6 Å². The van der Waals surface area contributed by atoms with Crippen molar-refractivity contribution in [2.45, 2.75) is 39.7 Å². The van der Waals surface area contributed by atoms with Gasteiger partial charge in [-0.05, 0) is 51.8 Å². The number of nitrogens with zero attached hydrogens (tertiary/aromatic N) is 1. The molecule has 0 unspecified atom stereocenters. The quantitative estimate of drug-likeness (QED) is 0.355. The van der Waals surface area contributed by atoms with Gasteiger partial charge in [0.1, 0.15) is 12.4 Å². The maximum atomic E-state index is 13.1. The molecule has 1 amide bonds.